The Hall–Kier alpha value is -2.75. The van der Waals surface area contributed by atoms with Crippen molar-refractivity contribution in [1.29, 1.82) is 0 Å². The van der Waals surface area contributed by atoms with Crippen molar-refractivity contribution >= 4 is 16.9 Å². The van der Waals surface area contributed by atoms with Crippen LogP contribution in [0.15, 0.2) is 47.1 Å². The quantitative estimate of drug-likeness (QED) is 0.658. The minimum Gasteiger partial charge on any atom is -0.497 e. The van der Waals surface area contributed by atoms with Crippen molar-refractivity contribution in [3.05, 3.63) is 64.9 Å². The van der Waals surface area contributed by atoms with Crippen molar-refractivity contribution in [3.63, 3.8) is 0 Å². The van der Waals surface area contributed by atoms with Crippen LogP contribution in [-0.2, 0) is 17.6 Å². The van der Waals surface area contributed by atoms with Gasteiger partial charge in [0.1, 0.15) is 11.3 Å². The summed E-state index contributed by atoms with van der Waals surface area (Å²) in [6.45, 7) is 6.16. The highest BCUT2D eigenvalue weighted by Crippen LogP contribution is 2.26. The molecular weight excluding hydrogens is 338 g/mol. The molecule has 0 radical (unpaired) electrons. The fourth-order valence-electron chi connectivity index (χ4n) is 3.27. The van der Waals surface area contributed by atoms with E-state index < -0.39 is 0 Å². The number of ether oxygens (including phenoxy) is 1. The summed E-state index contributed by atoms with van der Waals surface area (Å²) < 4.78 is 10.9. The van der Waals surface area contributed by atoms with Crippen molar-refractivity contribution in [3.8, 4) is 5.75 Å². The van der Waals surface area contributed by atoms with E-state index >= 15 is 0 Å². The van der Waals surface area contributed by atoms with E-state index in [1.54, 1.807) is 13.4 Å². The second kappa shape index (κ2) is 8.30. The smallest absolute Gasteiger partial charge is 0.224 e. The molecule has 1 aromatic heterocycles. The molecule has 0 saturated heterocycles. The van der Waals surface area contributed by atoms with Crippen molar-refractivity contribution in [2.24, 2.45) is 0 Å². The molecule has 1 atom stereocenters. The van der Waals surface area contributed by atoms with Crippen LogP contribution in [0.25, 0.3) is 11.0 Å². The normalized spacial score (nSPS) is 12.1. The summed E-state index contributed by atoms with van der Waals surface area (Å²) in [5.74, 6) is 0.885. The second-order valence-corrected chi connectivity index (χ2v) is 7.18. The lowest BCUT2D eigenvalue weighted by atomic mass is 10.0. The number of hydrogen-bond donors (Lipinski definition) is 1. The maximum absolute atomic E-state index is 12.4. The molecule has 142 valence electrons. The lowest BCUT2D eigenvalue weighted by molar-refractivity contribution is -0.121. The predicted molar refractivity (Wildman–Crippen MR) is 108 cm³/mol. The molecule has 3 rings (SSSR count). The van der Waals surface area contributed by atoms with Crippen LogP contribution in [0.2, 0.25) is 0 Å². The van der Waals surface area contributed by atoms with E-state index in [1.807, 2.05) is 32.0 Å². The van der Waals surface area contributed by atoms with Crippen LogP contribution in [0.4, 0.5) is 0 Å². The van der Waals surface area contributed by atoms with E-state index in [-0.39, 0.29) is 11.9 Å². The largest absolute Gasteiger partial charge is 0.497 e. The van der Waals surface area contributed by atoms with Gasteiger partial charge in [-0.2, -0.15) is 0 Å². The third kappa shape index (κ3) is 4.51. The number of carbonyl (C=O) groups is 1. The average Bonchev–Trinajstić information content (AvgIpc) is 3.06. The summed E-state index contributed by atoms with van der Waals surface area (Å²) in [6.07, 6.45) is 3.85. The van der Waals surface area contributed by atoms with Gasteiger partial charge in [0, 0.05) is 17.0 Å². The van der Waals surface area contributed by atoms with E-state index in [0.717, 1.165) is 40.7 Å². The zero-order valence-electron chi connectivity index (χ0n) is 16.5. The Kier molecular flexibility index (Phi) is 5.84. The number of furan rings is 1. The molecule has 0 spiro atoms. The Morgan fingerprint density at radius 3 is 2.59 bits per heavy atom. The van der Waals surface area contributed by atoms with E-state index in [4.69, 9.17) is 9.15 Å². The Morgan fingerprint density at radius 2 is 1.89 bits per heavy atom. The first-order valence-electron chi connectivity index (χ1n) is 9.36. The fourth-order valence-corrected chi connectivity index (χ4v) is 3.27. The highest BCUT2D eigenvalue weighted by atomic mass is 16.5. The first-order valence-corrected chi connectivity index (χ1v) is 9.36. The maximum Gasteiger partial charge on any atom is 0.224 e. The van der Waals surface area contributed by atoms with Gasteiger partial charge in [0.05, 0.1) is 19.8 Å². The molecule has 0 fully saturated rings. The highest BCUT2D eigenvalue weighted by molar-refractivity contribution is 5.89. The van der Waals surface area contributed by atoms with Crippen molar-refractivity contribution < 1.29 is 13.9 Å². The second-order valence-electron chi connectivity index (χ2n) is 7.18. The molecule has 1 unspecified atom stereocenters. The summed E-state index contributed by atoms with van der Waals surface area (Å²) in [4.78, 5) is 12.4. The van der Waals surface area contributed by atoms with Crippen LogP contribution in [-0.4, -0.2) is 19.1 Å². The number of benzene rings is 2. The van der Waals surface area contributed by atoms with Gasteiger partial charge in [-0.3, -0.25) is 4.79 Å². The molecule has 0 aliphatic heterocycles. The number of aryl methyl sites for hydroxylation is 3. The van der Waals surface area contributed by atoms with Gasteiger partial charge in [0.2, 0.25) is 5.91 Å². The van der Waals surface area contributed by atoms with Crippen LogP contribution in [0, 0.1) is 13.8 Å². The molecule has 4 heteroatoms. The molecule has 27 heavy (non-hydrogen) atoms. The minimum absolute atomic E-state index is 0.0261. The van der Waals surface area contributed by atoms with Crippen molar-refractivity contribution in [2.75, 3.05) is 7.11 Å². The summed E-state index contributed by atoms with van der Waals surface area (Å²) in [5, 5.41) is 4.12. The summed E-state index contributed by atoms with van der Waals surface area (Å²) in [5.41, 5.74) is 5.38. The first-order chi connectivity index (χ1) is 13.0. The third-order valence-electron chi connectivity index (χ3n) is 5.13. The SMILES string of the molecule is COc1ccc(CCC(C)NC(=O)Cc2coc3c(C)c(C)ccc23)cc1. The first kappa shape index (κ1) is 19.0. The van der Waals surface area contributed by atoms with Gasteiger partial charge in [-0.25, -0.2) is 0 Å². The molecule has 0 aliphatic rings. The molecule has 1 amide bonds. The predicted octanol–water partition coefficient (Wildman–Crippen LogP) is 4.74. The Labute approximate surface area is 160 Å². The minimum atomic E-state index is 0.0261. The molecule has 4 nitrogen and oxygen atoms in total. The van der Waals surface area contributed by atoms with E-state index in [1.165, 1.54) is 11.1 Å². The molecule has 0 bridgehead atoms. The Bertz CT molecular complexity index is 925. The van der Waals surface area contributed by atoms with E-state index in [0.29, 0.717) is 6.42 Å². The van der Waals surface area contributed by atoms with Crippen LogP contribution in [0.1, 0.15) is 35.6 Å². The molecule has 0 saturated carbocycles. The molecule has 3 aromatic rings. The molecule has 1 N–H and O–H groups in total. The number of rotatable bonds is 7. The number of hydrogen-bond acceptors (Lipinski definition) is 3. The van der Waals surface area contributed by atoms with Crippen LogP contribution in [0.5, 0.6) is 5.75 Å². The van der Waals surface area contributed by atoms with Gasteiger partial charge in [-0.05, 0) is 62.4 Å². The molecule has 1 heterocycles. The van der Waals surface area contributed by atoms with Crippen LogP contribution >= 0.6 is 0 Å². The molecule has 2 aromatic carbocycles. The van der Waals surface area contributed by atoms with Crippen molar-refractivity contribution in [2.45, 2.75) is 46.1 Å². The zero-order chi connectivity index (χ0) is 19.4. The van der Waals surface area contributed by atoms with E-state index in [2.05, 4.69) is 30.4 Å². The highest BCUT2D eigenvalue weighted by Gasteiger charge is 2.14. The van der Waals surface area contributed by atoms with Gasteiger partial charge in [-0.15, -0.1) is 0 Å². The Morgan fingerprint density at radius 1 is 1.15 bits per heavy atom. The zero-order valence-corrected chi connectivity index (χ0v) is 16.5. The number of fused-ring (bicyclic) bond motifs is 1. The van der Waals surface area contributed by atoms with Crippen LogP contribution < -0.4 is 10.1 Å². The maximum atomic E-state index is 12.4. The lowest BCUT2D eigenvalue weighted by Crippen LogP contribution is -2.34. The number of carbonyl (C=O) groups excluding carboxylic acids is 1. The number of amides is 1. The topological polar surface area (TPSA) is 51.5 Å². The lowest BCUT2D eigenvalue weighted by Gasteiger charge is -2.14. The monoisotopic (exact) mass is 365 g/mol. The van der Waals surface area contributed by atoms with Gasteiger partial charge in [0.25, 0.3) is 0 Å². The summed E-state index contributed by atoms with van der Waals surface area (Å²) in [7, 11) is 1.66. The van der Waals surface area contributed by atoms with Crippen molar-refractivity contribution in [1.82, 2.24) is 5.32 Å². The standard InChI is InChI=1S/C23H27NO3/c1-15-5-12-21-19(14-27-23(21)17(15)3)13-22(25)24-16(2)6-7-18-8-10-20(26-4)11-9-18/h5,8-12,14,16H,6-7,13H2,1-4H3,(H,24,25). The fraction of sp³-hybridized carbons (Fsp3) is 0.348. The molecular formula is C23H27NO3. The number of nitrogens with one attached hydrogen (secondary N) is 1. The third-order valence-corrected chi connectivity index (χ3v) is 5.13. The van der Waals surface area contributed by atoms with Gasteiger partial charge < -0.3 is 14.5 Å². The number of methoxy groups -OCH3 is 1. The van der Waals surface area contributed by atoms with Gasteiger partial charge >= 0.3 is 0 Å². The van der Waals surface area contributed by atoms with Gasteiger partial charge in [0.15, 0.2) is 0 Å². The van der Waals surface area contributed by atoms with Crippen LogP contribution in [0.3, 0.4) is 0 Å². The summed E-state index contributed by atoms with van der Waals surface area (Å²) >= 11 is 0. The average molecular weight is 365 g/mol. The summed E-state index contributed by atoms with van der Waals surface area (Å²) in [6, 6.07) is 12.3. The Balaban J connectivity index is 1.55. The van der Waals surface area contributed by atoms with E-state index in [9.17, 15) is 4.79 Å². The molecule has 0 aliphatic carbocycles. The van der Waals surface area contributed by atoms with Gasteiger partial charge in [-0.1, -0.05) is 24.3 Å².